The maximum atomic E-state index is 14.7. The number of pyridine rings is 1. The van der Waals surface area contributed by atoms with Gasteiger partial charge in [-0.2, -0.15) is 0 Å². The van der Waals surface area contributed by atoms with Gasteiger partial charge in [-0.25, -0.2) is 8.78 Å². The Bertz CT molecular complexity index is 1580. The number of fused-ring (bicyclic) bond motifs is 3. The molecule has 5 aromatic rings. The molecular weight excluding hydrogens is 470 g/mol. The Hall–Kier alpha value is -3.87. The average molecular weight is 487 g/mol. The van der Waals surface area contributed by atoms with Gasteiger partial charge in [-0.3, -0.25) is 4.98 Å². The summed E-state index contributed by atoms with van der Waals surface area (Å²) in [6.07, 6.45) is 2.58. The van der Waals surface area contributed by atoms with E-state index in [1.807, 2.05) is 24.3 Å². The number of benzene rings is 3. The largest absolute Gasteiger partial charge is 0.383 e. The summed E-state index contributed by atoms with van der Waals surface area (Å²) in [6, 6.07) is 18.3. The fourth-order valence-corrected chi connectivity index (χ4v) is 5.04. The lowest BCUT2D eigenvalue weighted by atomic mass is 9.93. The first-order valence-electron chi connectivity index (χ1n) is 11.0. The first-order valence-corrected chi connectivity index (χ1v) is 11.3. The second-order valence-corrected chi connectivity index (χ2v) is 8.82. The van der Waals surface area contributed by atoms with E-state index in [1.165, 1.54) is 17.8 Å². The number of aliphatic hydroxyl groups is 1. The van der Waals surface area contributed by atoms with Crippen molar-refractivity contribution in [2.24, 2.45) is 0 Å². The molecule has 7 heteroatoms. The van der Waals surface area contributed by atoms with Gasteiger partial charge in [0.25, 0.3) is 0 Å². The first-order chi connectivity index (χ1) is 17.0. The van der Waals surface area contributed by atoms with Crippen molar-refractivity contribution >= 4 is 11.6 Å². The van der Waals surface area contributed by atoms with Crippen molar-refractivity contribution in [3.63, 3.8) is 0 Å². The lowest BCUT2D eigenvalue weighted by Gasteiger charge is -2.14. The van der Waals surface area contributed by atoms with Gasteiger partial charge in [0.2, 0.25) is 0 Å². The summed E-state index contributed by atoms with van der Waals surface area (Å²) in [5.41, 5.74) is 5.90. The summed E-state index contributed by atoms with van der Waals surface area (Å²) in [6.45, 7) is 0. The van der Waals surface area contributed by atoms with Gasteiger partial charge in [-0.15, -0.1) is 0 Å². The van der Waals surface area contributed by atoms with Crippen molar-refractivity contribution in [3.05, 3.63) is 118 Å². The Balaban J connectivity index is 1.55. The van der Waals surface area contributed by atoms with Crippen molar-refractivity contribution in [2.75, 3.05) is 0 Å². The number of aromatic nitrogens is 2. The second-order valence-electron chi connectivity index (χ2n) is 8.41. The Morgan fingerprint density at radius 2 is 1.80 bits per heavy atom. The van der Waals surface area contributed by atoms with E-state index < -0.39 is 17.7 Å². The highest BCUT2D eigenvalue weighted by atomic mass is 35.5. The fraction of sp³-hybridized carbons (Fsp3) is 0.0714. The topological polar surface area (TPSA) is 59.2 Å². The Kier molecular flexibility index (Phi) is 5.20. The van der Waals surface area contributed by atoms with Crippen LogP contribution in [0.25, 0.3) is 33.7 Å². The van der Waals surface area contributed by atoms with Gasteiger partial charge in [0.1, 0.15) is 23.4 Å². The first kappa shape index (κ1) is 21.6. The van der Waals surface area contributed by atoms with E-state index in [1.54, 1.807) is 24.4 Å². The molecule has 172 valence electrons. The predicted octanol–water partition coefficient (Wildman–Crippen LogP) is 6.99. The monoisotopic (exact) mass is 486 g/mol. The van der Waals surface area contributed by atoms with Crippen LogP contribution in [0.2, 0.25) is 5.02 Å². The van der Waals surface area contributed by atoms with E-state index in [4.69, 9.17) is 16.1 Å². The van der Waals surface area contributed by atoms with Crippen molar-refractivity contribution in [1.29, 1.82) is 0 Å². The Labute approximate surface area is 204 Å². The highest BCUT2D eigenvalue weighted by Crippen LogP contribution is 2.46. The molecule has 1 N–H and O–H groups in total. The van der Waals surface area contributed by atoms with Crippen LogP contribution in [0.5, 0.6) is 0 Å². The van der Waals surface area contributed by atoms with Crippen LogP contribution < -0.4 is 0 Å². The number of halogens is 3. The Morgan fingerprint density at radius 1 is 0.943 bits per heavy atom. The van der Waals surface area contributed by atoms with Crippen LogP contribution in [0.1, 0.15) is 28.4 Å². The molecule has 4 nitrogen and oxygen atoms in total. The van der Waals surface area contributed by atoms with E-state index in [2.05, 4.69) is 16.2 Å². The van der Waals surface area contributed by atoms with Crippen molar-refractivity contribution < 1.29 is 18.4 Å². The van der Waals surface area contributed by atoms with E-state index in [0.717, 1.165) is 28.8 Å². The molecule has 6 rings (SSSR count). The molecule has 0 saturated heterocycles. The number of hydrogen-bond acceptors (Lipinski definition) is 4. The molecule has 0 aliphatic heterocycles. The van der Waals surface area contributed by atoms with E-state index in [9.17, 15) is 13.9 Å². The van der Waals surface area contributed by atoms with Crippen LogP contribution in [-0.4, -0.2) is 15.2 Å². The highest BCUT2D eigenvalue weighted by molar-refractivity contribution is 6.34. The highest BCUT2D eigenvalue weighted by Gasteiger charge is 2.30. The molecule has 0 amide bonds. The summed E-state index contributed by atoms with van der Waals surface area (Å²) in [5.74, 6) is -1.53. The maximum Gasteiger partial charge on any atom is 0.176 e. The molecule has 1 aliphatic carbocycles. The molecule has 1 aliphatic rings. The molecule has 0 radical (unpaired) electrons. The molecular formula is C28H17ClF2N2O2. The van der Waals surface area contributed by atoms with Crippen molar-refractivity contribution in [1.82, 2.24) is 10.1 Å². The van der Waals surface area contributed by atoms with E-state index >= 15 is 0 Å². The summed E-state index contributed by atoms with van der Waals surface area (Å²) in [7, 11) is 0. The zero-order valence-electron chi connectivity index (χ0n) is 18.2. The van der Waals surface area contributed by atoms with Gasteiger partial charge in [0, 0.05) is 40.2 Å². The number of rotatable bonds is 4. The van der Waals surface area contributed by atoms with Crippen molar-refractivity contribution in [2.45, 2.75) is 12.5 Å². The smallest absolute Gasteiger partial charge is 0.176 e. The van der Waals surface area contributed by atoms with Gasteiger partial charge >= 0.3 is 0 Å². The molecule has 0 bridgehead atoms. The lowest BCUT2D eigenvalue weighted by Crippen LogP contribution is -2.03. The van der Waals surface area contributed by atoms with E-state index in [0.29, 0.717) is 28.3 Å². The van der Waals surface area contributed by atoms with Crippen LogP contribution in [0.3, 0.4) is 0 Å². The Morgan fingerprint density at radius 3 is 2.60 bits per heavy atom. The summed E-state index contributed by atoms with van der Waals surface area (Å²) < 4.78 is 33.9. The molecule has 0 unspecified atom stereocenters. The van der Waals surface area contributed by atoms with Gasteiger partial charge in [-0.1, -0.05) is 47.1 Å². The van der Waals surface area contributed by atoms with E-state index in [-0.39, 0.29) is 16.9 Å². The average Bonchev–Trinajstić information content (AvgIpc) is 3.46. The molecule has 0 spiro atoms. The third kappa shape index (κ3) is 3.62. The minimum atomic E-state index is -1.23. The number of aliphatic hydroxyl groups excluding tert-OH is 1. The molecule has 0 saturated carbocycles. The van der Waals surface area contributed by atoms with Crippen LogP contribution in [-0.2, 0) is 6.42 Å². The summed E-state index contributed by atoms with van der Waals surface area (Å²) in [4.78, 5) is 4.08. The van der Waals surface area contributed by atoms with Gasteiger partial charge in [0.05, 0.1) is 11.1 Å². The number of nitrogens with zero attached hydrogens (tertiary/aromatic N) is 2. The van der Waals surface area contributed by atoms with Gasteiger partial charge in [-0.05, 0) is 53.4 Å². The maximum absolute atomic E-state index is 14.7. The lowest BCUT2D eigenvalue weighted by molar-refractivity contribution is 0.220. The van der Waals surface area contributed by atoms with Gasteiger partial charge in [0.15, 0.2) is 5.76 Å². The minimum Gasteiger partial charge on any atom is -0.383 e. The van der Waals surface area contributed by atoms with Crippen LogP contribution in [0.15, 0.2) is 83.6 Å². The summed E-state index contributed by atoms with van der Waals surface area (Å²) in [5, 5.41) is 16.1. The number of hydrogen-bond donors (Lipinski definition) is 1. The van der Waals surface area contributed by atoms with Crippen LogP contribution in [0.4, 0.5) is 8.78 Å². The molecule has 0 fully saturated rings. The third-order valence-corrected chi connectivity index (χ3v) is 6.59. The van der Waals surface area contributed by atoms with Crippen LogP contribution in [0, 0.1) is 11.6 Å². The standard InChI is InChI=1S/C28H17ClF2N2O2/c29-22-12-18(11-17-10-15-4-1-2-6-20(15)24(17)22)26-25(27(34)16-5-3-9-32-14-16)28(35-33-26)21-8-7-19(30)13-23(21)31/h1-9,11-14,27,34H,10H2/t27-/m1/s1. The predicted molar refractivity (Wildman–Crippen MR) is 129 cm³/mol. The SMILES string of the molecule is O[C@H](c1cccnc1)c1c(-c2cc(Cl)c3c(c2)Cc2ccccc2-3)noc1-c1ccc(F)cc1F. The summed E-state index contributed by atoms with van der Waals surface area (Å²) >= 11 is 6.74. The van der Waals surface area contributed by atoms with Gasteiger partial charge < -0.3 is 9.63 Å². The third-order valence-electron chi connectivity index (χ3n) is 6.29. The zero-order valence-corrected chi connectivity index (χ0v) is 18.9. The molecule has 2 heterocycles. The molecule has 1 atom stereocenters. The zero-order chi connectivity index (χ0) is 24.1. The van der Waals surface area contributed by atoms with Crippen LogP contribution >= 0.6 is 11.6 Å². The molecule has 35 heavy (non-hydrogen) atoms. The molecule has 3 aromatic carbocycles. The quantitative estimate of drug-likeness (QED) is 0.292. The van der Waals surface area contributed by atoms with Crippen molar-refractivity contribution in [3.8, 4) is 33.7 Å². The fourth-order valence-electron chi connectivity index (χ4n) is 4.70. The molecule has 2 aromatic heterocycles. The second kappa shape index (κ2) is 8.41. The normalized spacial score (nSPS) is 12.9. The minimum absolute atomic E-state index is 0.00811.